The Morgan fingerprint density at radius 1 is 1.21 bits per heavy atom. The number of hydrogen-bond donors (Lipinski definition) is 2. The highest BCUT2D eigenvalue weighted by atomic mass is 16.1. The first kappa shape index (κ1) is 16.5. The maximum atomic E-state index is 12.2. The molecule has 3 nitrogen and oxygen atoms in total. The molecule has 4 unspecified atom stereocenters. The lowest BCUT2D eigenvalue weighted by Gasteiger charge is -2.24. The average Bonchev–Trinajstić information content (AvgIpc) is 2.54. The van der Waals surface area contributed by atoms with E-state index in [1.807, 2.05) is 13.8 Å². The summed E-state index contributed by atoms with van der Waals surface area (Å²) < 4.78 is 0. The second kappa shape index (κ2) is 8.57. The standard InChI is InChI=1S/C16H32N2O/c1-12-8-5-4-6-11-15(12)18-16(19)13(2)9-7-10-14(3)17/h12-15H,4-11,17H2,1-3H3,(H,18,19). The number of amides is 1. The van der Waals surface area contributed by atoms with E-state index in [0.29, 0.717) is 12.0 Å². The van der Waals surface area contributed by atoms with Crippen molar-refractivity contribution in [2.45, 2.75) is 84.2 Å². The molecule has 112 valence electrons. The topological polar surface area (TPSA) is 55.1 Å². The fraction of sp³-hybridized carbons (Fsp3) is 0.938. The largest absolute Gasteiger partial charge is 0.353 e. The Bertz CT molecular complexity index is 265. The first-order valence-electron chi connectivity index (χ1n) is 8.06. The number of nitrogens with one attached hydrogen (secondary N) is 1. The van der Waals surface area contributed by atoms with Crippen molar-refractivity contribution in [1.82, 2.24) is 5.32 Å². The van der Waals surface area contributed by atoms with Crippen LogP contribution in [0.3, 0.4) is 0 Å². The van der Waals surface area contributed by atoms with Crippen molar-refractivity contribution in [3.05, 3.63) is 0 Å². The van der Waals surface area contributed by atoms with Crippen LogP contribution in [0.4, 0.5) is 0 Å². The van der Waals surface area contributed by atoms with Crippen LogP contribution in [-0.2, 0) is 4.79 Å². The van der Waals surface area contributed by atoms with E-state index in [2.05, 4.69) is 12.2 Å². The van der Waals surface area contributed by atoms with Crippen LogP contribution in [0.2, 0.25) is 0 Å². The van der Waals surface area contributed by atoms with Gasteiger partial charge in [0.05, 0.1) is 0 Å². The Morgan fingerprint density at radius 3 is 2.58 bits per heavy atom. The number of carbonyl (C=O) groups is 1. The number of nitrogens with two attached hydrogens (primary N) is 1. The summed E-state index contributed by atoms with van der Waals surface area (Å²) in [6, 6.07) is 0.642. The van der Waals surface area contributed by atoms with Crippen LogP contribution in [0.5, 0.6) is 0 Å². The summed E-state index contributed by atoms with van der Waals surface area (Å²) in [6.07, 6.45) is 9.31. The Morgan fingerprint density at radius 2 is 1.89 bits per heavy atom. The van der Waals surface area contributed by atoms with Gasteiger partial charge < -0.3 is 11.1 Å². The van der Waals surface area contributed by atoms with E-state index >= 15 is 0 Å². The molecule has 0 heterocycles. The predicted molar refractivity (Wildman–Crippen MR) is 80.8 cm³/mol. The normalized spacial score (nSPS) is 27.4. The van der Waals surface area contributed by atoms with Crippen molar-refractivity contribution in [3.63, 3.8) is 0 Å². The maximum absolute atomic E-state index is 12.2. The minimum absolute atomic E-state index is 0.120. The summed E-state index contributed by atoms with van der Waals surface area (Å²) >= 11 is 0. The first-order valence-corrected chi connectivity index (χ1v) is 8.06. The molecule has 1 rings (SSSR count). The molecule has 3 heteroatoms. The SMILES string of the molecule is CC(N)CCCC(C)C(=O)NC1CCCCCC1C. The van der Waals surface area contributed by atoms with Gasteiger partial charge in [-0.05, 0) is 38.5 Å². The van der Waals surface area contributed by atoms with Crippen LogP contribution in [0.15, 0.2) is 0 Å². The number of rotatable bonds is 6. The molecule has 0 aromatic rings. The molecule has 1 fully saturated rings. The lowest BCUT2D eigenvalue weighted by molar-refractivity contribution is -0.125. The van der Waals surface area contributed by atoms with Gasteiger partial charge in [0.2, 0.25) is 5.91 Å². The minimum Gasteiger partial charge on any atom is -0.353 e. The Hall–Kier alpha value is -0.570. The van der Waals surface area contributed by atoms with Crippen molar-refractivity contribution in [3.8, 4) is 0 Å². The molecule has 19 heavy (non-hydrogen) atoms. The van der Waals surface area contributed by atoms with Crippen LogP contribution in [-0.4, -0.2) is 18.0 Å². The average molecular weight is 268 g/mol. The molecular weight excluding hydrogens is 236 g/mol. The highest BCUT2D eigenvalue weighted by molar-refractivity contribution is 5.78. The zero-order valence-electron chi connectivity index (χ0n) is 13.0. The number of hydrogen-bond acceptors (Lipinski definition) is 2. The van der Waals surface area contributed by atoms with Gasteiger partial charge in [-0.3, -0.25) is 4.79 Å². The minimum atomic E-state index is 0.120. The Balaban J connectivity index is 2.31. The fourth-order valence-electron chi connectivity index (χ4n) is 2.91. The molecule has 0 saturated heterocycles. The van der Waals surface area contributed by atoms with Gasteiger partial charge in [0.15, 0.2) is 0 Å². The summed E-state index contributed by atoms with van der Waals surface area (Å²) in [4.78, 5) is 12.2. The molecular formula is C16H32N2O. The highest BCUT2D eigenvalue weighted by Crippen LogP contribution is 2.23. The highest BCUT2D eigenvalue weighted by Gasteiger charge is 2.23. The monoisotopic (exact) mass is 268 g/mol. The smallest absolute Gasteiger partial charge is 0.223 e. The van der Waals surface area contributed by atoms with Crippen LogP contribution in [0, 0.1) is 11.8 Å². The third-order valence-corrected chi connectivity index (χ3v) is 4.43. The van der Waals surface area contributed by atoms with Crippen LogP contribution in [0.1, 0.15) is 72.1 Å². The lowest BCUT2D eigenvalue weighted by Crippen LogP contribution is -2.41. The van der Waals surface area contributed by atoms with Gasteiger partial charge in [-0.25, -0.2) is 0 Å². The van der Waals surface area contributed by atoms with Gasteiger partial charge in [-0.2, -0.15) is 0 Å². The maximum Gasteiger partial charge on any atom is 0.223 e. The molecule has 0 aromatic carbocycles. The van der Waals surface area contributed by atoms with E-state index in [0.717, 1.165) is 25.7 Å². The zero-order valence-corrected chi connectivity index (χ0v) is 13.0. The summed E-state index contributed by atoms with van der Waals surface area (Å²) in [5, 5.41) is 3.28. The van der Waals surface area contributed by atoms with Gasteiger partial charge in [0, 0.05) is 18.0 Å². The third kappa shape index (κ3) is 6.42. The molecule has 0 spiro atoms. The summed E-state index contributed by atoms with van der Waals surface area (Å²) in [7, 11) is 0. The van der Waals surface area contributed by atoms with Gasteiger partial charge in [0.1, 0.15) is 0 Å². The summed E-state index contributed by atoms with van der Waals surface area (Å²) in [5.41, 5.74) is 5.74. The van der Waals surface area contributed by atoms with Crippen molar-refractivity contribution >= 4 is 5.91 Å². The van der Waals surface area contributed by atoms with Gasteiger partial charge in [-0.15, -0.1) is 0 Å². The van der Waals surface area contributed by atoms with Gasteiger partial charge in [0.25, 0.3) is 0 Å². The van der Waals surface area contributed by atoms with Crippen LogP contribution >= 0.6 is 0 Å². The van der Waals surface area contributed by atoms with E-state index in [-0.39, 0.29) is 17.9 Å². The first-order chi connectivity index (χ1) is 9.00. The van der Waals surface area contributed by atoms with Gasteiger partial charge in [-0.1, -0.05) is 39.5 Å². The quantitative estimate of drug-likeness (QED) is 0.727. The van der Waals surface area contributed by atoms with E-state index in [4.69, 9.17) is 5.73 Å². The molecule has 4 atom stereocenters. The van der Waals surface area contributed by atoms with Crippen molar-refractivity contribution in [1.29, 1.82) is 0 Å². The van der Waals surface area contributed by atoms with Crippen molar-refractivity contribution in [2.24, 2.45) is 17.6 Å². The Kier molecular flexibility index (Phi) is 7.44. The van der Waals surface area contributed by atoms with Crippen molar-refractivity contribution < 1.29 is 4.79 Å². The van der Waals surface area contributed by atoms with E-state index < -0.39 is 0 Å². The molecule has 0 aromatic heterocycles. The number of carbonyl (C=O) groups excluding carboxylic acids is 1. The molecule has 0 aliphatic heterocycles. The predicted octanol–water partition coefficient (Wildman–Crippen LogP) is 3.23. The third-order valence-electron chi connectivity index (χ3n) is 4.43. The molecule has 3 N–H and O–H groups in total. The molecule has 0 bridgehead atoms. The van der Waals surface area contributed by atoms with Crippen LogP contribution in [0.25, 0.3) is 0 Å². The molecule has 1 aliphatic rings. The fourth-order valence-corrected chi connectivity index (χ4v) is 2.91. The van der Waals surface area contributed by atoms with Crippen molar-refractivity contribution in [2.75, 3.05) is 0 Å². The lowest BCUT2D eigenvalue weighted by atomic mass is 9.95. The second-order valence-corrected chi connectivity index (χ2v) is 6.54. The van der Waals surface area contributed by atoms with Gasteiger partial charge >= 0.3 is 0 Å². The Labute approximate surface area is 118 Å². The van der Waals surface area contributed by atoms with E-state index in [9.17, 15) is 4.79 Å². The second-order valence-electron chi connectivity index (χ2n) is 6.54. The molecule has 1 aliphatic carbocycles. The van der Waals surface area contributed by atoms with E-state index in [1.165, 1.54) is 25.7 Å². The van der Waals surface area contributed by atoms with E-state index in [1.54, 1.807) is 0 Å². The van der Waals surface area contributed by atoms with Crippen LogP contribution < -0.4 is 11.1 Å². The summed E-state index contributed by atoms with van der Waals surface area (Å²) in [5.74, 6) is 0.986. The summed E-state index contributed by atoms with van der Waals surface area (Å²) in [6.45, 7) is 6.34. The zero-order chi connectivity index (χ0) is 14.3. The molecule has 0 radical (unpaired) electrons. The molecule has 1 saturated carbocycles. The molecule has 1 amide bonds.